The first-order valence-electron chi connectivity index (χ1n) is 11.1. The number of hydrogen-bond acceptors (Lipinski definition) is 3. The fourth-order valence-electron chi connectivity index (χ4n) is 3.11. The predicted molar refractivity (Wildman–Crippen MR) is 135 cm³/mol. The smallest absolute Gasteiger partial charge is 0.164 e. The normalized spacial score (nSPS) is 12.0. The zero-order valence-corrected chi connectivity index (χ0v) is 24.0. The zero-order chi connectivity index (χ0) is 25.1. The minimum atomic E-state index is -0.417. The van der Waals surface area contributed by atoms with Gasteiger partial charge in [0, 0.05) is 42.4 Å². The summed E-state index contributed by atoms with van der Waals surface area (Å²) in [5.74, 6) is -0.128. The molecule has 0 spiro atoms. The molecule has 3 rings (SSSR count). The average molecular weight is 641 g/mol. The second-order valence-electron chi connectivity index (χ2n) is 10.6. The van der Waals surface area contributed by atoms with Gasteiger partial charge < -0.3 is 5.11 Å². The number of rotatable bonds is 2. The number of aliphatic hydroxyl groups excluding tert-OH is 1. The molecule has 0 unspecified atom stereocenters. The van der Waals surface area contributed by atoms with Crippen LogP contribution in [0.5, 0.6) is 0 Å². The number of halogens is 1. The molecule has 0 aliphatic rings. The Kier molecular flexibility index (Phi) is 9.93. The molecular weight excluding hydrogens is 606 g/mol. The number of hydrogen-bond donors (Lipinski definition) is 1. The zero-order valence-electron chi connectivity index (χ0n) is 21.6. The van der Waals surface area contributed by atoms with Crippen molar-refractivity contribution < 1.29 is 34.4 Å². The Morgan fingerprint density at radius 1 is 0.971 bits per heavy atom. The minimum absolute atomic E-state index is 0. The molecule has 0 amide bonds. The van der Waals surface area contributed by atoms with Gasteiger partial charge in [-0.1, -0.05) is 67.0 Å². The van der Waals surface area contributed by atoms with Crippen LogP contribution in [-0.2, 0) is 24.9 Å². The molecule has 1 heterocycles. The number of aryl methyl sites for hydroxylation is 3. The minimum Gasteiger partial charge on any atom is -0.512 e. The van der Waals surface area contributed by atoms with E-state index >= 15 is 0 Å². The van der Waals surface area contributed by atoms with Crippen LogP contribution in [0.2, 0.25) is 0 Å². The first-order valence-corrected chi connectivity index (χ1v) is 11.1. The van der Waals surface area contributed by atoms with Crippen LogP contribution in [0.4, 0.5) is 4.39 Å². The van der Waals surface area contributed by atoms with Gasteiger partial charge in [-0.15, -0.1) is 34.9 Å². The van der Waals surface area contributed by atoms with Crippen LogP contribution in [-0.4, -0.2) is 15.9 Å². The number of benzene rings is 2. The fraction of sp³-hybridized carbons (Fsp3) is 0.379. The summed E-state index contributed by atoms with van der Waals surface area (Å²) >= 11 is 0. The van der Waals surface area contributed by atoms with Crippen molar-refractivity contribution in [3.8, 4) is 11.3 Å². The second-order valence-corrected chi connectivity index (χ2v) is 10.6. The first-order chi connectivity index (χ1) is 15.1. The summed E-state index contributed by atoms with van der Waals surface area (Å²) in [5, 5.41) is 10.4. The number of fused-ring (bicyclic) bond motifs is 1. The molecule has 5 heteroatoms. The predicted octanol–water partition coefficient (Wildman–Crippen LogP) is 7.85. The van der Waals surface area contributed by atoms with E-state index in [1.807, 2.05) is 61.5 Å². The van der Waals surface area contributed by atoms with Crippen LogP contribution < -0.4 is 0 Å². The molecule has 0 saturated carbocycles. The van der Waals surface area contributed by atoms with Crippen LogP contribution in [0, 0.1) is 43.5 Å². The van der Waals surface area contributed by atoms with Gasteiger partial charge in [0.05, 0.1) is 5.52 Å². The van der Waals surface area contributed by atoms with Crippen molar-refractivity contribution in [2.75, 3.05) is 0 Å². The van der Waals surface area contributed by atoms with Crippen molar-refractivity contribution in [1.82, 2.24) is 4.98 Å². The van der Waals surface area contributed by atoms with Gasteiger partial charge in [-0.05, 0) is 30.8 Å². The summed E-state index contributed by atoms with van der Waals surface area (Å²) in [7, 11) is 0. The number of pyridine rings is 1. The summed E-state index contributed by atoms with van der Waals surface area (Å²) in [6.45, 7) is 17.2. The summed E-state index contributed by atoms with van der Waals surface area (Å²) in [4.78, 5) is 16.2. The maximum absolute atomic E-state index is 13.3. The van der Waals surface area contributed by atoms with Crippen molar-refractivity contribution >= 4 is 16.7 Å². The van der Waals surface area contributed by atoms with Gasteiger partial charge in [-0.2, -0.15) is 0 Å². The van der Waals surface area contributed by atoms with Gasteiger partial charge in [-0.3, -0.25) is 9.78 Å². The maximum Gasteiger partial charge on any atom is 0.164 e. The van der Waals surface area contributed by atoms with Crippen LogP contribution in [0.25, 0.3) is 22.2 Å². The van der Waals surface area contributed by atoms with Crippen molar-refractivity contribution in [2.45, 2.75) is 62.3 Å². The number of carbonyl (C=O) groups is 1. The van der Waals surface area contributed by atoms with E-state index in [1.165, 1.54) is 23.8 Å². The Labute approximate surface area is 216 Å². The molecule has 3 nitrogen and oxygen atoms in total. The summed E-state index contributed by atoms with van der Waals surface area (Å²) in [6, 6.07) is 14.2. The monoisotopic (exact) mass is 641 g/mol. The van der Waals surface area contributed by atoms with Crippen LogP contribution in [0.15, 0.2) is 48.2 Å². The number of ketones is 1. The molecule has 185 valence electrons. The molecule has 0 atom stereocenters. The summed E-state index contributed by atoms with van der Waals surface area (Å²) in [6.07, 6.45) is 1.33. The Bertz CT molecular complexity index is 1180. The second kappa shape index (κ2) is 11.4. The number of carbonyl (C=O) groups excluding carboxylic acids is 1. The molecule has 1 aromatic heterocycles. The van der Waals surface area contributed by atoms with Crippen LogP contribution in [0.1, 0.15) is 58.2 Å². The summed E-state index contributed by atoms with van der Waals surface area (Å²) < 4.78 is 13.3. The third-order valence-electron chi connectivity index (χ3n) is 5.15. The maximum atomic E-state index is 13.3. The van der Waals surface area contributed by atoms with E-state index < -0.39 is 5.41 Å². The van der Waals surface area contributed by atoms with Gasteiger partial charge in [0.25, 0.3) is 0 Å². The van der Waals surface area contributed by atoms with Crippen LogP contribution >= 0.6 is 0 Å². The van der Waals surface area contributed by atoms with Gasteiger partial charge >= 0.3 is 0 Å². The van der Waals surface area contributed by atoms with Gasteiger partial charge in [0.1, 0.15) is 11.6 Å². The number of nitrogens with zero attached hydrogens (tertiary/aromatic N) is 1. The molecule has 0 saturated heterocycles. The third kappa shape index (κ3) is 8.14. The van der Waals surface area contributed by atoms with Gasteiger partial charge in [0.2, 0.25) is 0 Å². The third-order valence-corrected chi connectivity index (χ3v) is 5.15. The van der Waals surface area contributed by atoms with Gasteiger partial charge in [-0.25, -0.2) is 4.39 Å². The summed E-state index contributed by atoms with van der Waals surface area (Å²) in [5.41, 5.74) is 5.27. The van der Waals surface area contributed by atoms with Gasteiger partial charge in [0.15, 0.2) is 5.78 Å². The molecule has 0 fully saturated rings. The van der Waals surface area contributed by atoms with E-state index in [0.29, 0.717) is 0 Å². The molecule has 0 aliphatic carbocycles. The Balaban J connectivity index is 0.000000364. The van der Waals surface area contributed by atoms with E-state index in [1.54, 1.807) is 6.07 Å². The first kappa shape index (κ1) is 29.7. The topological polar surface area (TPSA) is 50.2 Å². The van der Waals surface area contributed by atoms with E-state index in [2.05, 4.69) is 30.1 Å². The molecule has 1 radical (unpaired) electrons. The molecule has 0 bridgehead atoms. The Morgan fingerprint density at radius 2 is 1.59 bits per heavy atom. The molecule has 34 heavy (non-hydrogen) atoms. The molecule has 0 aliphatic heterocycles. The SMILES string of the molecule is CC(C)(C)C(=O)/C=C(\O)C(C)(C)C.Cc1[c-]c(-c2nc3ccc(F)cc3cc2C)cc(C)c1.[Ir]. The van der Waals surface area contributed by atoms with E-state index in [4.69, 9.17) is 0 Å². The van der Waals surface area contributed by atoms with Crippen molar-refractivity contribution in [1.29, 1.82) is 0 Å². The quantitative estimate of drug-likeness (QED) is 0.176. The molecule has 1 N–H and O–H groups in total. The van der Waals surface area contributed by atoms with Crippen LogP contribution in [0.3, 0.4) is 0 Å². The number of aliphatic hydroxyl groups is 1. The molecule has 2 aromatic carbocycles. The van der Waals surface area contributed by atoms with Crippen molar-refractivity contribution in [3.05, 3.63) is 76.8 Å². The van der Waals surface area contributed by atoms with Crippen molar-refractivity contribution in [3.63, 3.8) is 0 Å². The number of allylic oxidation sites excluding steroid dienone is 2. The standard InChI is InChI=1S/C18H15FN.C11H20O2.Ir/c1-11-6-12(2)8-15(7-11)18-13(3)9-14-10-16(19)4-5-17(14)20-18;1-10(2,3)8(12)7-9(13)11(4,5)6;/h4-7,9-10H,1-3H3;7,12H,1-6H3;/q-1;;/b;8-7-;. The van der Waals surface area contributed by atoms with E-state index in [9.17, 15) is 14.3 Å². The average Bonchev–Trinajstić information content (AvgIpc) is 2.65. The van der Waals surface area contributed by atoms with E-state index in [-0.39, 0.29) is 42.9 Å². The number of aromatic nitrogens is 1. The Hall–Kier alpha value is -2.36. The fourth-order valence-corrected chi connectivity index (χ4v) is 3.11. The molecular formula is C29H35FIrNO2-. The Morgan fingerprint density at radius 3 is 2.12 bits per heavy atom. The van der Waals surface area contributed by atoms with Crippen molar-refractivity contribution in [2.24, 2.45) is 10.8 Å². The largest absolute Gasteiger partial charge is 0.512 e. The molecule has 3 aromatic rings. The van der Waals surface area contributed by atoms with E-state index in [0.717, 1.165) is 33.3 Å².